The summed E-state index contributed by atoms with van der Waals surface area (Å²) < 4.78 is 0. The summed E-state index contributed by atoms with van der Waals surface area (Å²) in [5.74, 6) is 0.225. The van der Waals surface area contributed by atoms with E-state index >= 15 is 0 Å². The molecule has 1 rings (SSSR count). The molecule has 1 heterocycles. The van der Waals surface area contributed by atoms with E-state index in [-0.39, 0.29) is 12.5 Å². The molecule has 0 spiro atoms. The number of aliphatic hydroxyl groups is 1. The van der Waals surface area contributed by atoms with Crippen LogP contribution in [0.2, 0.25) is 0 Å². The minimum atomic E-state index is -0.0809. The molecule has 0 fully saturated rings. The minimum absolute atomic E-state index is 0.0809. The second-order valence-corrected chi connectivity index (χ2v) is 5.11. The third-order valence-corrected chi connectivity index (χ3v) is 3.52. The van der Waals surface area contributed by atoms with E-state index in [1.54, 1.807) is 17.4 Å². The Morgan fingerprint density at radius 1 is 1.65 bits per heavy atom. The van der Waals surface area contributed by atoms with Crippen LogP contribution in [-0.4, -0.2) is 24.2 Å². The Hall–Kier alpha value is -1.13. The van der Waals surface area contributed by atoms with Gasteiger partial charge in [-0.1, -0.05) is 6.92 Å². The van der Waals surface area contributed by atoms with Crippen LogP contribution < -0.4 is 5.32 Å². The molecule has 1 aromatic heterocycles. The lowest BCUT2D eigenvalue weighted by Gasteiger charge is -2.09. The molecule has 0 aliphatic rings. The van der Waals surface area contributed by atoms with Crippen LogP contribution in [0.4, 0.5) is 0 Å². The SMILES string of the molecule is Cc1ccsc1C=CC(=O)NCC(C)CCO. The normalized spacial score (nSPS) is 12.9. The van der Waals surface area contributed by atoms with E-state index in [1.807, 2.05) is 31.4 Å². The standard InChI is InChI=1S/C13H19NO2S/c1-10(5-7-15)9-14-13(16)4-3-12-11(2)6-8-17-12/h3-4,6,8,10,15H,5,7,9H2,1-2H3,(H,14,16). The van der Waals surface area contributed by atoms with Crippen LogP contribution in [0.15, 0.2) is 17.5 Å². The summed E-state index contributed by atoms with van der Waals surface area (Å²) in [7, 11) is 0. The first kappa shape index (κ1) is 13.9. The van der Waals surface area contributed by atoms with Crippen molar-refractivity contribution in [1.82, 2.24) is 5.32 Å². The van der Waals surface area contributed by atoms with Gasteiger partial charge < -0.3 is 10.4 Å². The van der Waals surface area contributed by atoms with Gasteiger partial charge in [-0.2, -0.15) is 0 Å². The summed E-state index contributed by atoms with van der Waals surface area (Å²) in [6.07, 6.45) is 4.12. The van der Waals surface area contributed by atoms with E-state index in [2.05, 4.69) is 5.32 Å². The van der Waals surface area contributed by atoms with Crippen LogP contribution in [0.3, 0.4) is 0 Å². The zero-order valence-corrected chi connectivity index (χ0v) is 11.1. The summed E-state index contributed by atoms with van der Waals surface area (Å²) in [5.41, 5.74) is 1.19. The highest BCUT2D eigenvalue weighted by Crippen LogP contribution is 2.16. The molecular formula is C13H19NO2S. The molecule has 0 bridgehead atoms. The van der Waals surface area contributed by atoms with Crippen LogP contribution in [0.1, 0.15) is 23.8 Å². The maximum atomic E-state index is 11.5. The number of aliphatic hydroxyl groups excluding tert-OH is 1. The lowest BCUT2D eigenvalue weighted by Crippen LogP contribution is -2.26. The maximum absolute atomic E-state index is 11.5. The highest BCUT2D eigenvalue weighted by molar-refractivity contribution is 7.11. The molecular weight excluding hydrogens is 234 g/mol. The van der Waals surface area contributed by atoms with Crippen molar-refractivity contribution in [3.05, 3.63) is 28.0 Å². The van der Waals surface area contributed by atoms with Gasteiger partial charge in [-0.15, -0.1) is 11.3 Å². The molecule has 17 heavy (non-hydrogen) atoms. The first-order chi connectivity index (χ1) is 8.13. The Kier molecular flexibility index (Phi) is 5.94. The largest absolute Gasteiger partial charge is 0.396 e. The van der Waals surface area contributed by atoms with E-state index in [0.29, 0.717) is 18.9 Å². The van der Waals surface area contributed by atoms with Gasteiger partial charge in [0.1, 0.15) is 0 Å². The molecule has 1 aromatic rings. The Balaban J connectivity index is 2.35. The van der Waals surface area contributed by atoms with Crippen molar-refractivity contribution in [3.63, 3.8) is 0 Å². The summed E-state index contributed by atoms with van der Waals surface area (Å²) in [5, 5.41) is 13.6. The lowest BCUT2D eigenvalue weighted by molar-refractivity contribution is -0.116. The van der Waals surface area contributed by atoms with Gasteiger partial charge in [-0.25, -0.2) is 0 Å². The molecule has 4 heteroatoms. The first-order valence-corrected chi connectivity index (χ1v) is 6.62. The predicted molar refractivity (Wildman–Crippen MR) is 72.0 cm³/mol. The Labute approximate surface area is 106 Å². The lowest BCUT2D eigenvalue weighted by atomic mass is 10.1. The van der Waals surface area contributed by atoms with E-state index < -0.39 is 0 Å². The number of carbonyl (C=O) groups is 1. The fraction of sp³-hybridized carbons (Fsp3) is 0.462. The van der Waals surface area contributed by atoms with Gasteiger partial charge in [0.2, 0.25) is 5.91 Å². The smallest absolute Gasteiger partial charge is 0.244 e. The number of hydrogen-bond donors (Lipinski definition) is 2. The molecule has 3 nitrogen and oxygen atoms in total. The molecule has 2 N–H and O–H groups in total. The molecule has 0 aliphatic heterocycles. The minimum Gasteiger partial charge on any atom is -0.396 e. The van der Waals surface area contributed by atoms with Crippen molar-refractivity contribution in [2.45, 2.75) is 20.3 Å². The van der Waals surface area contributed by atoms with Gasteiger partial charge in [0.15, 0.2) is 0 Å². The molecule has 94 valence electrons. The fourth-order valence-corrected chi connectivity index (χ4v) is 2.18. The zero-order valence-electron chi connectivity index (χ0n) is 10.3. The van der Waals surface area contributed by atoms with Crippen molar-refractivity contribution in [3.8, 4) is 0 Å². The number of aryl methyl sites for hydroxylation is 1. The summed E-state index contributed by atoms with van der Waals surface area (Å²) in [6.45, 7) is 4.80. The van der Waals surface area contributed by atoms with Gasteiger partial charge in [-0.05, 0) is 42.3 Å². The number of nitrogens with one attached hydrogen (secondary N) is 1. The quantitative estimate of drug-likeness (QED) is 0.764. The van der Waals surface area contributed by atoms with Gasteiger partial charge in [0.05, 0.1) is 0 Å². The van der Waals surface area contributed by atoms with E-state index in [1.165, 1.54) is 5.56 Å². The number of amides is 1. The van der Waals surface area contributed by atoms with Crippen molar-refractivity contribution in [2.75, 3.05) is 13.2 Å². The van der Waals surface area contributed by atoms with E-state index in [4.69, 9.17) is 5.11 Å². The van der Waals surface area contributed by atoms with Crippen LogP contribution in [0, 0.1) is 12.8 Å². The molecule has 1 unspecified atom stereocenters. The van der Waals surface area contributed by atoms with Gasteiger partial charge in [-0.3, -0.25) is 4.79 Å². The first-order valence-electron chi connectivity index (χ1n) is 5.74. The zero-order chi connectivity index (χ0) is 12.7. The number of thiophene rings is 1. The maximum Gasteiger partial charge on any atom is 0.244 e. The van der Waals surface area contributed by atoms with Crippen molar-refractivity contribution in [1.29, 1.82) is 0 Å². The van der Waals surface area contributed by atoms with Crippen LogP contribution >= 0.6 is 11.3 Å². The number of carbonyl (C=O) groups excluding carboxylic acids is 1. The Morgan fingerprint density at radius 3 is 3.00 bits per heavy atom. The van der Waals surface area contributed by atoms with Crippen LogP contribution in [0.25, 0.3) is 6.08 Å². The highest BCUT2D eigenvalue weighted by Gasteiger charge is 2.02. The fourth-order valence-electron chi connectivity index (χ4n) is 1.36. The molecule has 0 aliphatic carbocycles. The monoisotopic (exact) mass is 253 g/mol. The second kappa shape index (κ2) is 7.25. The highest BCUT2D eigenvalue weighted by atomic mass is 32.1. The Morgan fingerprint density at radius 2 is 2.41 bits per heavy atom. The van der Waals surface area contributed by atoms with E-state index in [0.717, 1.165) is 4.88 Å². The van der Waals surface area contributed by atoms with Gasteiger partial charge in [0.25, 0.3) is 0 Å². The summed E-state index contributed by atoms with van der Waals surface area (Å²) in [4.78, 5) is 12.6. The molecule has 1 amide bonds. The molecule has 1 atom stereocenters. The predicted octanol–water partition coefficient (Wildman–Crippen LogP) is 2.20. The van der Waals surface area contributed by atoms with Gasteiger partial charge >= 0.3 is 0 Å². The molecule has 0 radical (unpaired) electrons. The second-order valence-electron chi connectivity index (χ2n) is 4.16. The van der Waals surface area contributed by atoms with Gasteiger partial charge in [0, 0.05) is 24.1 Å². The van der Waals surface area contributed by atoms with Crippen molar-refractivity contribution < 1.29 is 9.90 Å². The average molecular weight is 253 g/mol. The van der Waals surface area contributed by atoms with Crippen LogP contribution in [-0.2, 0) is 4.79 Å². The summed E-state index contributed by atoms with van der Waals surface area (Å²) >= 11 is 1.62. The third-order valence-electron chi connectivity index (χ3n) is 2.53. The van der Waals surface area contributed by atoms with Crippen molar-refractivity contribution in [2.24, 2.45) is 5.92 Å². The van der Waals surface area contributed by atoms with E-state index in [9.17, 15) is 4.79 Å². The topological polar surface area (TPSA) is 49.3 Å². The average Bonchev–Trinajstić information content (AvgIpc) is 2.70. The molecule has 0 saturated carbocycles. The summed E-state index contributed by atoms with van der Waals surface area (Å²) in [6, 6.07) is 2.03. The van der Waals surface area contributed by atoms with Crippen LogP contribution in [0.5, 0.6) is 0 Å². The van der Waals surface area contributed by atoms with Crippen molar-refractivity contribution >= 4 is 23.3 Å². The number of rotatable bonds is 6. The Bertz CT molecular complexity index is 385. The number of hydrogen-bond acceptors (Lipinski definition) is 3. The third kappa shape index (κ3) is 5.15. The molecule has 0 saturated heterocycles. The molecule has 0 aromatic carbocycles.